The summed E-state index contributed by atoms with van der Waals surface area (Å²) >= 11 is 11.2. The zero-order chi connectivity index (χ0) is 19.2. The van der Waals surface area contributed by atoms with Crippen LogP contribution >= 0.6 is 23.2 Å². The number of hydrogen-bond acceptors (Lipinski definition) is 4. The first-order chi connectivity index (χ1) is 12.1. The van der Waals surface area contributed by atoms with Crippen molar-refractivity contribution in [3.63, 3.8) is 0 Å². The maximum Gasteiger partial charge on any atom is 0.336 e. The summed E-state index contributed by atoms with van der Waals surface area (Å²) in [7, 11) is -3.93. The lowest BCUT2D eigenvalue weighted by Crippen LogP contribution is -2.29. The van der Waals surface area contributed by atoms with Gasteiger partial charge in [-0.3, -0.25) is 9.29 Å². The number of anilines is 1. The minimum Gasteiger partial charge on any atom is -0.493 e. The van der Waals surface area contributed by atoms with Crippen LogP contribution in [0.2, 0.25) is 5.02 Å². The number of benzene rings is 1. The molecular weight excluding hydrogens is 415 g/mol. The summed E-state index contributed by atoms with van der Waals surface area (Å²) in [6.07, 6.45) is -1.31. The van der Waals surface area contributed by atoms with Crippen LogP contribution in [0.25, 0.3) is 5.69 Å². The highest BCUT2D eigenvalue weighted by molar-refractivity contribution is 7.93. The molecule has 1 aliphatic heterocycles. The smallest absolute Gasteiger partial charge is 0.336 e. The van der Waals surface area contributed by atoms with Gasteiger partial charge in [0, 0.05) is 13.0 Å². The van der Waals surface area contributed by atoms with E-state index in [-0.39, 0.29) is 35.8 Å². The van der Waals surface area contributed by atoms with Crippen molar-refractivity contribution in [2.24, 2.45) is 0 Å². The summed E-state index contributed by atoms with van der Waals surface area (Å²) in [5.41, 5.74) is -1.37. The second-order valence-electron chi connectivity index (χ2n) is 5.74. The Morgan fingerprint density at radius 1 is 1.38 bits per heavy atom. The predicted molar refractivity (Wildman–Crippen MR) is 93.1 cm³/mol. The van der Waals surface area contributed by atoms with Crippen LogP contribution in [0.4, 0.5) is 14.5 Å². The summed E-state index contributed by atoms with van der Waals surface area (Å²) < 4.78 is 55.1. The molecule has 142 valence electrons. The lowest BCUT2D eigenvalue weighted by molar-refractivity contribution is 0.265. The van der Waals surface area contributed by atoms with Crippen LogP contribution in [0.1, 0.15) is 12.1 Å². The number of sulfonamides is 1. The van der Waals surface area contributed by atoms with Gasteiger partial charge < -0.3 is 5.11 Å². The molecular formula is C14H13Cl2F2N3O4S. The van der Waals surface area contributed by atoms with Crippen LogP contribution in [0.3, 0.4) is 0 Å². The van der Waals surface area contributed by atoms with Gasteiger partial charge in [0.15, 0.2) is 0 Å². The van der Waals surface area contributed by atoms with Gasteiger partial charge in [0.1, 0.15) is 17.2 Å². The summed E-state index contributed by atoms with van der Waals surface area (Å²) in [6, 6.07) is 1.76. The van der Waals surface area contributed by atoms with Crippen molar-refractivity contribution in [3.05, 3.63) is 39.2 Å². The van der Waals surface area contributed by atoms with Crippen molar-refractivity contribution in [2.45, 2.75) is 25.6 Å². The van der Waals surface area contributed by atoms with Gasteiger partial charge in [0.05, 0.1) is 22.1 Å². The summed E-state index contributed by atoms with van der Waals surface area (Å²) in [5.74, 6) is -1.58. The van der Waals surface area contributed by atoms with E-state index in [0.717, 1.165) is 16.7 Å². The van der Waals surface area contributed by atoms with Crippen molar-refractivity contribution in [3.8, 4) is 11.6 Å². The van der Waals surface area contributed by atoms with Gasteiger partial charge in [-0.05, 0) is 18.6 Å². The van der Waals surface area contributed by atoms with E-state index in [2.05, 4.69) is 4.72 Å². The van der Waals surface area contributed by atoms with Gasteiger partial charge in [-0.2, -0.15) is 0 Å². The second-order valence-corrected chi connectivity index (χ2v) is 8.45. The summed E-state index contributed by atoms with van der Waals surface area (Å²) in [6.45, 7) is 0.0385. The molecule has 0 saturated heterocycles. The molecule has 3 rings (SSSR count). The molecule has 0 aliphatic carbocycles. The number of hydrogen-bond donors (Lipinski definition) is 2. The molecule has 0 fully saturated rings. The summed E-state index contributed by atoms with van der Waals surface area (Å²) in [5, 5.41) is 9.28. The van der Waals surface area contributed by atoms with Crippen molar-refractivity contribution < 1.29 is 22.3 Å². The third-order valence-corrected chi connectivity index (χ3v) is 5.98. The topological polar surface area (TPSA) is 93.3 Å². The monoisotopic (exact) mass is 427 g/mol. The molecule has 0 bridgehead atoms. The largest absolute Gasteiger partial charge is 0.493 e. The van der Waals surface area contributed by atoms with E-state index in [1.807, 2.05) is 0 Å². The van der Waals surface area contributed by atoms with Gasteiger partial charge in [-0.15, -0.1) is 11.6 Å². The molecule has 0 saturated carbocycles. The van der Waals surface area contributed by atoms with Crippen LogP contribution in [-0.4, -0.2) is 34.0 Å². The van der Waals surface area contributed by atoms with Crippen molar-refractivity contribution in [1.82, 2.24) is 9.13 Å². The molecule has 0 amide bonds. The number of rotatable bonds is 4. The fraction of sp³-hybridized carbons (Fsp3) is 0.357. The van der Waals surface area contributed by atoms with E-state index < -0.39 is 44.5 Å². The first-order valence-corrected chi connectivity index (χ1v) is 9.94. The van der Waals surface area contributed by atoms with Gasteiger partial charge in [0.25, 0.3) is 0 Å². The third-order valence-electron chi connectivity index (χ3n) is 3.99. The molecule has 0 unspecified atom stereocenters. The van der Waals surface area contributed by atoms with Gasteiger partial charge in [-0.25, -0.2) is 26.6 Å². The second kappa shape index (κ2) is 6.75. The third kappa shape index (κ3) is 3.28. The fourth-order valence-electron chi connectivity index (χ4n) is 2.79. The highest BCUT2D eigenvalue weighted by Gasteiger charge is 2.29. The standard InChI is InChI=1S/C14H13Cl2F2N3O4S/c15-6-26(24,25)19-10-5-11(9(18)4-8(10)16)21-13(22)12-3-7(17)1-2-20(12)14(21)23/h4-5,7,19,22H,1-3,6H2/t7-/m1/s1. The highest BCUT2D eigenvalue weighted by Crippen LogP contribution is 2.32. The normalized spacial score (nSPS) is 17.2. The van der Waals surface area contributed by atoms with Crippen LogP contribution < -0.4 is 10.4 Å². The lowest BCUT2D eigenvalue weighted by Gasteiger charge is -2.16. The SMILES string of the molecule is O=c1n2c(c(O)n1-c1cc(NS(=O)(=O)CCl)c(Cl)cc1F)C[C@H](F)CC2. The minimum atomic E-state index is -3.93. The Hall–Kier alpha value is -1.78. The van der Waals surface area contributed by atoms with Gasteiger partial charge in [0.2, 0.25) is 15.9 Å². The molecule has 1 atom stereocenters. The fourth-order valence-corrected chi connectivity index (χ4v) is 3.76. The van der Waals surface area contributed by atoms with Crippen LogP contribution in [-0.2, 0) is 23.0 Å². The molecule has 0 spiro atoms. The number of fused-ring (bicyclic) bond motifs is 1. The van der Waals surface area contributed by atoms with Crippen LogP contribution in [0.5, 0.6) is 5.88 Å². The average Bonchev–Trinajstić information content (AvgIpc) is 2.81. The highest BCUT2D eigenvalue weighted by atomic mass is 35.5. The Balaban J connectivity index is 2.18. The first-order valence-electron chi connectivity index (χ1n) is 7.38. The van der Waals surface area contributed by atoms with E-state index >= 15 is 0 Å². The molecule has 7 nitrogen and oxygen atoms in total. The van der Waals surface area contributed by atoms with Crippen LogP contribution in [0.15, 0.2) is 16.9 Å². The van der Waals surface area contributed by atoms with E-state index in [0.29, 0.717) is 4.57 Å². The maximum atomic E-state index is 14.4. The number of nitrogens with one attached hydrogen (secondary N) is 1. The zero-order valence-corrected chi connectivity index (χ0v) is 15.4. The number of aromatic hydroxyl groups is 1. The van der Waals surface area contributed by atoms with Crippen molar-refractivity contribution in [1.29, 1.82) is 0 Å². The molecule has 26 heavy (non-hydrogen) atoms. The molecule has 2 aromatic rings. The quantitative estimate of drug-likeness (QED) is 0.732. The van der Waals surface area contributed by atoms with E-state index in [9.17, 15) is 27.1 Å². The van der Waals surface area contributed by atoms with Crippen LogP contribution in [0, 0.1) is 5.82 Å². The number of alkyl halides is 2. The number of aromatic nitrogens is 2. The number of imidazole rings is 1. The van der Waals surface area contributed by atoms with E-state index in [4.69, 9.17) is 23.2 Å². The molecule has 1 aliphatic rings. The molecule has 2 N–H and O–H groups in total. The van der Waals surface area contributed by atoms with E-state index in [1.54, 1.807) is 0 Å². The average molecular weight is 428 g/mol. The molecule has 0 radical (unpaired) electrons. The van der Waals surface area contributed by atoms with E-state index in [1.165, 1.54) is 0 Å². The number of nitrogens with zero attached hydrogens (tertiary/aromatic N) is 2. The van der Waals surface area contributed by atoms with Crippen molar-refractivity contribution in [2.75, 3.05) is 9.93 Å². The molecule has 12 heteroatoms. The summed E-state index contributed by atoms with van der Waals surface area (Å²) in [4.78, 5) is 12.5. The Morgan fingerprint density at radius 3 is 2.73 bits per heavy atom. The molecule has 1 aromatic carbocycles. The molecule has 1 aromatic heterocycles. The van der Waals surface area contributed by atoms with Gasteiger partial charge in [-0.1, -0.05) is 11.6 Å². The Bertz CT molecular complexity index is 1040. The molecule has 2 heterocycles. The Labute approximate surface area is 156 Å². The van der Waals surface area contributed by atoms with Crippen molar-refractivity contribution >= 4 is 38.9 Å². The zero-order valence-electron chi connectivity index (χ0n) is 13.0. The maximum absolute atomic E-state index is 14.4. The lowest BCUT2D eigenvalue weighted by atomic mass is 10.1. The Kier molecular flexibility index (Phi) is 4.93. The first kappa shape index (κ1) is 19.0. The minimum absolute atomic E-state index is 0.0385. The number of halogens is 4. The van der Waals surface area contributed by atoms with Gasteiger partial charge >= 0.3 is 5.69 Å². The Morgan fingerprint density at radius 2 is 2.08 bits per heavy atom. The predicted octanol–water partition coefficient (Wildman–Crippen LogP) is 2.36.